The number of nitrogens with zero attached hydrogens (tertiary/aromatic N) is 4. The van der Waals surface area contributed by atoms with Crippen LogP contribution in [0.2, 0.25) is 0 Å². The van der Waals surface area contributed by atoms with Crippen molar-refractivity contribution >= 4 is 0 Å². The van der Waals surface area contributed by atoms with Crippen LogP contribution in [0.3, 0.4) is 0 Å². The molecule has 0 spiro atoms. The maximum atomic E-state index is 12.8. The largest absolute Gasteiger partial charge is 0.486 e. The Bertz CT molecular complexity index is 787. The standard InChI is InChI=1S/C15H11F3N4O/c16-15(17,18)11-5-4-6-12(9-11)22-14(19-20-21-22)10-23-13-7-2-1-3-8-13/h1-9H,10H2. The zero-order valence-electron chi connectivity index (χ0n) is 11.7. The van der Waals surface area contributed by atoms with Crippen molar-refractivity contribution in [2.45, 2.75) is 12.8 Å². The maximum absolute atomic E-state index is 12.8. The van der Waals surface area contributed by atoms with Gasteiger partial charge in [0.15, 0.2) is 5.82 Å². The van der Waals surface area contributed by atoms with Crippen LogP contribution in [0.4, 0.5) is 13.2 Å². The smallest absolute Gasteiger partial charge is 0.416 e. The first-order valence-electron chi connectivity index (χ1n) is 6.67. The molecule has 3 aromatic rings. The van der Waals surface area contributed by atoms with Crippen LogP contribution in [0, 0.1) is 0 Å². The zero-order valence-corrected chi connectivity index (χ0v) is 11.7. The molecule has 0 atom stereocenters. The topological polar surface area (TPSA) is 52.8 Å². The highest BCUT2D eigenvalue weighted by Gasteiger charge is 2.30. The van der Waals surface area contributed by atoms with Gasteiger partial charge in [0, 0.05) is 0 Å². The highest BCUT2D eigenvalue weighted by Crippen LogP contribution is 2.30. The lowest BCUT2D eigenvalue weighted by atomic mass is 10.2. The Morgan fingerprint density at radius 3 is 2.52 bits per heavy atom. The summed E-state index contributed by atoms with van der Waals surface area (Å²) >= 11 is 0. The molecule has 0 aliphatic carbocycles. The van der Waals surface area contributed by atoms with E-state index in [1.807, 2.05) is 18.2 Å². The van der Waals surface area contributed by atoms with E-state index in [2.05, 4.69) is 15.5 Å². The summed E-state index contributed by atoms with van der Waals surface area (Å²) in [6.45, 7) is 0.0350. The zero-order chi connectivity index (χ0) is 16.3. The molecule has 8 heteroatoms. The van der Waals surface area contributed by atoms with E-state index in [-0.39, 0.29) is 12.3 Å². The van der Waals surface area contributed by atoms with E-state index in [0.717, 1.165) is 12.1 Å². The maximum Gasteiger partial charge on any atom is 0.416 e. The first-order valence-corrected chi connectivity index (χ1v) is 6.67. The summed E-state index contributed by atoms with van der Waals surface area (Å²) in [4.78, 5) is 0. The van der Waals surface area contributed by atoms with Gasteiger partial charge in [0.25, 0.3) is 0 Å². The number of tetrazole rings is 1. The molecule has 0 bridgehead atoms. The normalized spacial score (nSPS) is 11.4. The first-order chi connectivity index (χ1) is 11.0. The summed E-state index contributed by atoms with van der Waals surface area (Å²) in [5.41, 5.74) is -0.545. The van der Waals surface area contributed by atoms with E-state index in [9.17, 15) is 13.2 Å². The number of hydrogen-bond acceptors (Lipinski definition) is 4. The van der Waals surface area contributed by atoms with Gasteiger partial charge in [-0.2, -0.15) is 17.9 Å². The number of ether oxygens (including phenoxy) is 1. The minimum atomic E-state index is -4.43. The summed E-state index contributed by atoms with van der Waals surface area (Å²) in [5.74, 6) is 0.916. The predicted molar refractivity (Wildman–Crippen MR) is 74.9 cm³/mol. The van der Waals surface area contributed by atoms with Gasteiger partial charge in [0.1, 0.15) is 12.4 Å². The lowest BCUT2D eigenvalue weighted by Gasteiger charge is -2.10. The van der Waals surface area contributed by atoms with Gasteiger partial charge in [0.05, 0.1) is 11.3 Å². The fourth-order valence-electron chi connectivity index (χ4n) is 1.97. The molecule has 0 aliphatic heterocycles. The summed E-state index contributed by atoms with van der Waals surface area (Å²) in [6.07, 6.45) is -4.43. The Hall–Kier alpha value is -2.90. The second kappa shape index (κ2) is 6.07. The Morgan fingerprint density at radius 1 is 1.00 bits per heavy atom. The second-order valence-electron chi connectivity index (χ2n) is 4.66. The van der Waals surface area contributed by atoms with E-state index in [1.54, 1.807) is 12.1 Å². The number of benzene rings is 2. The van der Waals surface area contributed by atoms with Gasteiger partial charge in [-0.3, -0.25) is 0 Å². The Labute approximate surface area is 129 Å². The van der Waals surface area contributed by atoms with Crippen LogP contribution in [-0.2, 0) is 12.8 Å². The summed E-state index contributed by atoms with van der Waals surface area (Å²) in [6, 6.07) is 13.8. The van der Waals surface area contributed by atoms with Crippen molar-refractivity contribution in [1.29, 1.82) is 0 Å². The highest BCUT2D eigenvalue weighted by atomic mass is 19.4. The second-order valence-corrected chi connectivity index (χ2v) is 4.66. The van der Waals surface area contributed by atoms with E-state index < -0.39 is 11.7 Å². The van der Waals surface area contributed by atoms with Crippen LogP contribution < -0.4 is 4.74 Å². The van der Waals surface area contributed by atoms with Crippen molar-refractivity contribution in [2.75, 3.05) is 0 Å². The van der Waals surface area contributed by atoms with Crippen LogP contribution >= 0.6 is 0 Å². The Morgan fingerprint density at radius 2 is 1.78 bits per heavy atom. The third-order valence-corrected chi connectivity index (χ3v) is 3.06. The van der Waals surface area contributed by atoms with Gasteiger partial charge < -0.3 is 4.74 Å². The van der Waals surface area contributed by atoms with Gasteiger partial charge in [-0.25, -0.2) is 0 Å². The molecule has 0 saturated heterocycles. The summed E-state index contributed by atoms with van der Waals surface area (Å²) in [5, 5.41) is 11.0. The molecule has 0 fully saturated rings. The molecule has 0 saturated carbocycles. The number of alkyl halides is 3. The molecule has 1 aromatic heterocycles. The number of para-hydroxylation sites is 1. The van der Waals surface area contributed by atoms with E-state index in [4.69, 9.17) is 4.74 Å². The molecule has 23 heavy (non-hydrogen) atoms. The van der Waals surface area contributed by atoms with E-state index in [0.29, 0.717) is 11.6 Å². The molecule has 5 nitrogen and oxygen atoms in total. The lowest BCUT2D eigenvalue weighted by molar-refractivity contribution is -0.137. The Kier molecular flexibility index (Phi) is 3.96. The molecule has 0 unspecified atom stereocenters. The summed E-state index contributed by atoms with van der Waals surface area (Å²) in [7, 11) is 0. The fraction of sp³-hybridized carbons (Fsp3) is 0.133. The SMILES string of the molecule is FC(F)(F)c1cccc(-n2nnnc2COc2ccccc2)c1. The van der Waals surface area contributed by atoms with Crippen molar-refractivity contribution in [1.82, 2.24) is 20.2 Å². The molecule has 0 aliphatic rings. The van der Waals surface area contributed by atoms with E-state index >= 15 is 0 Å². The van der Waals surface area contributed by atoms with Gasteiger partial charge in [-0.1, -0.05) is 24.3 Å². The van der Waals surface area contributed by atoms with Crippen LogP contribution in [0.15, 0.2) is 54.6 Å². The molecular weight excluding hydrogens is 309 g/mol. The molecule has 2 aromatic carbocycles. The molecule has 3 rings (SSSR count). The van der Waals surface area contributed by atoms with Crippen LogP contribution in [0.1, 0.15) is 11.4 Å². The number of halogens is 3. The van der Waals surface area contributed by atoms with Crippen molar-refractivity contribution in [3.05, 3.63) is 66.0 Å². The average Bonchev–Trinajstić information content (AvgIpc) is 3.02. The predicted octanol–water partition coefficient (Wildman–Crippen LogP) is 3.26. The third-order valence-electron chi connectivity index (χ3n) is 3.06. The first kappa shape index (κ1) is 15.0. The van der Waals surface area contributed by atoms with Crippen LogP contribution in [0.5, 0.6) is 5.75 Å². The Balaban J connectivity index is 1.84. The minimum Gasteiger partial charge on any atom is -0.486 e. The molecule has 0 amide bonds. The van der Waals surface area contributed by atoms with Crippen molar-refractivity contribution in [2.24, 2.45) is 0 Å². The average molecular weight is 320 g/mol. The number of aromatic nitrogens is 4. The summed E-state index contributed by atoms with van der Waals surface area (Å²) < 4.78 is 45.1. The molecule has 118 valence electrons. The van der Waals surface area contributed by atoms with Gasteiger partial charge in [-0.05, 0) is 40.8 Å². The third kappa shape index (κ3) is 3.47. The van der Waals surface area contributed by atoms with E-state index in [1.165, 1.54) is 16.8 Å². The molecule has 0 radical (unpaired) electrons. The van der Waals surface area contributed by atoms with Crippen LogP contribution in [0.25, 0.3) is 5.69 Å². The molecule has 0 N–H and O–H groups in total. The quantitative estimate of drug-likeness (QED) is 0.740. The van der Waals surface area contributed by atoms with Crippen molar-refractivity contribution < 1.29 is 17.9 Å². The van der Waals surface area contributed by atoms with Gasteiger partial charge in [-0.15, -0.1) is 5.10 Å². The van der Waals surface area contributed by atoms with Gasteiger partial charge >= 0.3 is 6.18 Å². The van der Waals surface area contributed by atoms with Crippen molar-refractivity contribution in [3.8, 4) is 11.4 Å². The number of rotatable bonds is 4. The van der Waals surface area contributed by atoms with Crippen molar-refractivity contribution in [3.63, 3.8) is 0 Å². The van der Waals surface area contributed by atoms with Gasteiger partial charge in [0.2, 0.25) is 0 Å². The molecular formula is C15H11F3N4O. The monoisotopic (exact) mass is 320 g/mol. The minimum absolute atomic E-state index is 0.0350. The highest BCUT2D eigenvalue weighted by molar-refractivity contribution is 5.36. The van der Waals surface area contributed by atoms with Crippen LogP contribution in [-0.4, -0.2) is 20.2 Å². The molecule has 1 heterocycles. The fourth-order valence-corrected chi connectivity index (χ4v) is 1.97. The lowest BCUT2D eigenvalue weighted by Crippen LogP contribution is -2.09. The number of hydrogen-bond donors (Lipinski definition) is 0.